The van der Waals surface area contributed by atoms with Gasteiger partial charge >= 0.3 is 18.1 Å². The molecule has 2 aromatic carbocycles. The van der Waals surface area contributed by atoms with Gasteiger partial charge in [0.2, 0.25) is 0 Å². The Hall–Kier alpha value is -3.36. The van der Waals surface area contributed by atoms with Crippen LogP contribution in [0.2, 0.25) is 0 Å². The van der Waals surface area contributed by atoms with E-state index >= 15 is 0 Å². The molecule has 6 nitrogen and oxygen atoms in total. The molecule has 0 bridgehead atoms. The highest BCUT2D eigenvalue weighted by Gasteiger charge is 2.38. The summed E-state index contributed by atoms with van der Waals surface area (Å²) < 4.78 is 41.8. The summed E-state index contributed by atoms with van der Waals surface area (Å²) in [6.07, 6.45) is -4.99. The van der Waals surface area contributed by atoms with Crippen LogP contribution in [0.1, 0.15) is 22.8 Å². The van der Waals surface area contributed by atoms with Gasteiger partial charge in [0.25, 0.3) is 5.91 Å². The van der Waals surface area contributed by atoms with Crippen LogP contribution in [0.25, 0.3) is 0 Å². The molecule has 0 radical (unpaired) electrons. The smallest absolute Gasteiger partial charge is 0.427 e. The standard InChI is InChI=1S/C18H15F3N2O4/c1-11(24)27-15-7-3-5-13(9-15)16(25)22-10-12-4-2-6-14(8-12)23-17(26)18(19,20)21/h2-9H,10H2,1H3,(H,22,25)(H,23,26). The van der Waals surface area contributed by atoms with Gasteiger partial charge in [-0.3, -0.25) is 14.4 Å². The van der Waals surface area contributed by atoms with Gasteiger partial charge in [0.1, 0.15) is 5.75 Å². The van der Waals surface area contributed by atoms with Crippen LogP contribution >= 0.6 is 0 Å². The number of hydrogen-bond donors (Lipinski definition) is 2. The van der Waals surface area contributed by atoms with Crippen molar-refractivity contribution in [2.24, 2.45) is 0 Å². The minimum atomic E-state index is -4.99. The molecule has 0 heterocycles. The number of benzene rings is 2. The summed E-state index contributed by atoms with van der Waals surface area (Å²) in [6.45, 7) is 1.25. The maximum atomic E-state index is 12.3. The second-order valence-corrected chi connectivity index (χ2v) is 5.46. The number of alkyl halides is 3. The molecule has 0 aliphatic carbocycles. The fraction of sp³-hybridized carbons (Fsp3) is 0.167. The second-order valence-electron chi connectivity index (χ2n) is 5.46. The van der Waals surface area contributed by atoms with Crippen molar-refractivity contribution in [3.63, 3.8) is 0 Å². The topological polar surface area (TPSA) is 84.5 Å². The third-order valence-electron chi connectivity index (χ3n) is 3.25. The van der Waals surface area contributed by atoms with Crippen molar-refractivity contribution in [1.82, 2.24) is 5.32 Å². The van der Waals surface area contributed by atoms with E-state index in [0.717, 1.165) is 0 Å². The molecule has 142 valence electrons. The number of esters is 1. The van der Waals surface area contributed by atoms with E-state index in [4.69, 9.17) is 4.74 Å². The van der Waals surface area contributed by atoms with Crippen molar-refractivity contribution in [2.45, 2.75) is 19.6 Å². The van der Waals surface area contributed by atoms with E-state index in [9.17, 15) is 27.6 Å². The number of rotatable bonds is 5. The molecule has 0 aromatic heterocycles. The zero-order valence-electron chi connectivity index (χ0n) is 14.1. The largest absolute Gasteiger partial charge is 0.471 e. The number of ether oxygens (including phenoxy) is 1. The Kier molecular flexibility index (Phi) is 6.17. The van der Waals surface area contributed by atoms with Gasteiger partial charge < -0.3 is 15.4 Å². The van der Waals surface area contributed by atoms with Crippen LogP contribution in [0.15, 0.2) is 48.5 Å². The summed E-state index contributed by atoms with van der Waals surface area (Å²) in [6, 6.07) is 11.6. The Labute approximate surface area is 152 Å². The molecule has 0 unspecified atom stereocenters. The van der Waals surface area contributed by atoms with Crippen LogP contribution in [0.3, 0.4) is 0 Å². The van der Waals surface area contributed by atoms with E-state index in [1.54, 1.807) is 17.4 Å². The molecule has 27 heavy (non-hydrogen) atoms. The van der Waals surface area contributed by atoms with Gasteiger partial charge in [-0.15, -0.1) is 0 Å². The van der Waals surface area contributed by atoms with E-state index < -0.39 is 24.0 Å². The molecule has 0 spiro atoms. The highest BCUT2D eigenvalue weighted by Crippen LogP contribution is 2.19. The Morgan fingerprint density at radius 2 is 1.74 bits per heavy atom. The fourth-order valence-electron chi connectivity index (χ4n) is 2.11. The Bertz CT molecular complexity index is 866. The normalized spacial score (nSPS) is 10.8. The number of carbonyl (C=O) groups excluding carboxylic acids is 3. The van der Waals surface area contributed by atoms with Crippen molar-refractivity contribution in [2.75, 3.05) is 5.32 Å². The minimum absolute atomic E-state index is 0.0202. The average molecular weight is 380 g/mol. The van der Waals surface area contributed by atoms with E-state index in [1.165, 1.54) is 43.3 Å². The molecule has 9 heteroatoms. The van der Waals surface area contributed by atoms with Crippen molar-refractivity contribution < 1.29 is 32.3 Å². The van der Waals surface area contributed by atoms with Gasteiger partial charge in [-0.25, -0.2) is 0 Å². The first-order chi connectivity index (χ1) is 12.6. The summed E-state index contributed by atoms with van der Waals surface area (Å²) >= 11 is 0. The SMILES string of the molecule is CC(=O)Oc1cccc(C(=O)NCc2cccc(NC(=O)C(F)(F)F)c2)c1. The molecule has 0 atom stereocenters. The number of halogens is 3. The number of hydrogen-bond acceptors (Lipinski definition) is 4. The monoisotopic (exact) mass is 380 g/mol. The lowest BCUT2D eigenvalue weighted by Crippen LogP contribution is -2.30. The summed E-state index contributed by atoms with van der Waals surface area (Å²) in [5, 5.41) is 4.33. The van der Waals surface area contributed by atoms with Crippen molar-refractivity contribution in [1.29, 1.82) is 0 Å². The quantitative estimate of drug-likeness (QED) is 0.617. The molecule has 2 amide bonds. The van der Waals surface area contributed by atoms with Gasteiger partial charge in [0, 0.05) is 24.7 Å². The first-order valence-corrected chi connectivity index (χ1v) is 7.69. The first kappa shape index (κ1) is 20.0. The highest BCUT2D eigenvalue weighted by molar-refractivity contribution is 5.95. The van der Waals surface area contributed by atoms with Crippen molar-refractivity contribution >= 4 is 23.5 Å². The van der Waals surface area contributed by atoms with Gasteiger partial charge in [-0.2, -0.15) is 13.2 Å². The minimum Gasteiger partial charge on any atom is -0.427 e. The zero-order valence-corrected chi connectivity index (χ0v) is 14.1. The average Bonchev–Trinajstić information content (AvgIpc) is 2.59. The fourth-order valence-corrected chi connectivity index (χ4v) is 2.11. The van der Waals surface area contributed by atoms with Crippen LogP contribution in [0, 0.1) is 0 Å². The summed E-state index contributed by atoms with van der Waals surface area (Å²) in [5.74, 6) is -2.85. The Morgan fingerprint density at radius 1 is 1.04 bits per heavy atom. The number of anilines is 1. The van der Waals surface area contributed by atoms with E-state index in [2.05, 4.69) is 5.32 Å². The van der Waals surface area contributed by atoms with Gasteiger partial charge in [-0.1, -0.05) is 18.2 Å². The van der Waals surface area contributed by atoms with Crippen molar-refractivity contribution in [3.05, 3.63) is 59.7 Å². The molecule has 0 aliphatic heterocycles. The molecular formula is C18H15F3N2O4. The number of amides is 2. The Morgan fingerprint density at radius 3 is 2.41 bits per heavy atom. The van der Waals surface area contributed by atoms with Crippen LogP contribution in [-0.4, -0.2) is 24.0 Å². The number of nitrogens with one attached hydrogen (secondary N) is 2. The zero-order chi connectivity index (χ0) is 20.0. The molecule has 0 fully saturated rings. The summed E-state index contributed by atoms with van der Waals surface area (Å²) in [5.41, 5.74) is 0.690. The lowest BCUT2D eigenvalue weighted by molar-refractivity contribution is -0.167. The highest BCUT2D eigenvalue weighted by atomic mass is 19.4. The second kappa shape index (κ2) is 8.35. The lowest BCUT2D eigenvalue weighted by Gasteiger charge is -2.10. The summed E-state index contributed by atoms with van der Waals surface area (Å²) in [4.78, 5) is 34.1. The maximum absolute atomic E-state index is 12.3. The van der Waals surface area contributed by atoms with Gasteiger partial charge in [0.05, 0.1) is 0 Å². The van der Waals surface area contributed by atoms with Crippen molar-refractivity contribution in [3.8, 4) is 5.75 Å². The first-order valence-electron chi connectivity index (χ1n) is 7.69. The van der Waals surface area contributed by atoms with E-state index in [-0.39, 0.29) is 23.5 Å². The predicted molar refractivity (Wildman–Crippen MR) is 90.0 cm³/mol. The van der Waals surface area contributed by atoms with Crippen LogP contribution < -0.4 is 15.4 Å². The molecule has 0 aliphatic rings. The number of carbonyl (C=O) groups is 3. The predicted octanol–water partition coefficient (Wildman–Crippen LogP) is 3.04. The van der Waals surface area contributed by atoms with E-state index in [0.29, 0.717) is 5.56 Å². The van der Waals surface area contributed by atoms with E-state index in [1.807, 2.05) is 0 Å². The van der Waals surface area contributed by atoms with Crippen LogP contribution in [0.5, 0.6) is 5.75 Å². The molecule has 0 saturated heterocycles. The van der Waals surface area contributed by atoms with Crippen LogP contribution in [0.4, 0.5) is 18.9 Å². The molecule has 2 rings (SSSR count). The molecular weight excluding hydrogens is 365 g/mol. The lowest BCUT2D eigenvalue weighted by atomic mass is 10.1. The molecule has 2 N–H and O–H groups in total. The van der Waals surface area contributed by atoms with Gasteiger partial charge in [0.15, 0.2) is 0 Å². The molecule has 0 saturated carbocycles. The molecule has 2 aromatic rings. The maximum Gasteiger partial charge on any atom is 0.471 e. The van der Waals surface area contributed by atoms with Crippen LogP contribution in [-0.2, 0) is 16.1 Å². The Balaban J connectivity index is 2.00. The summed E-state index contributed by atoms with van der Waals surface area (Å²) in [7, 11) is 0. The van der Waals surface area contributed by atoms with Gasteiger partial charge in [-0.05, 0) is 35.9 Å². The third kappa shape index (κ3) is 6.14. The third-order valence-corrected chi connectivity index (χ3v) is 3.25.